The molecule has 130 valence electrons. The molecule has 0 N–H and O–H groups in total. The van der Waals surface area contributed by atoms with E-state index in [0.717, 1.165) is 36.0 Å². The van der Waals surface area contributed by atoms with Gasteiger partial charge in [-0.25, -0.2) is 19.0 Å². The Balaban J connectivity index is 1.68. The van der Waals surface area contributed by atoms with Crippen LogP contribution in [0.2, 0.25) is 5.02 Å². The number of hydrogen-bond donors (Lipinski definition) is 0. The standard InChI is InChI=1S/C16H16ClFN6S/c1-10-21-16(25-22-10)23-5-4-15(24-9-19-8-20-24)12(7-23)11-2-3-14(18)13(17)6-11/h2-3,6,8-9,12,15H,4-5,7H2,1H3. The van der Waals surface area contributed by atoms with Gasteiger partial charge in [-0.05, 0) is 31.0 Å². The number of halogens is 2. The van der Waals surface area contributed by atoms with Crippen molar-refractivity contribution in [3.05, 3.63) is 53.1 Å². The zero-order valence-electron chi connectivity index (χ0n) is 13.5. The average molecular weight is 379 g/mol. The molecule has 4 rings (SSSR count). The summed E-state index contributed by atoms with van der Waals surface area (Å²) in [6.45, 7) is 3.48. The number of benzene rings is 1. The van der Waals surface area contributed by atoms with E-state index in [-0.39, 0.29) is 17.0 Å². The lowest BCUT2D eigenvalue weighted by Gasteiger charge is -2.38. The summed E-state index contributed by atoms with van der Waals surface area (Å²) < 4.78 is 19.7. The van der Waals surface area contributed by atoms with Gasteiger partial charge in [0.25, 0.3) is 0 Å². The van der Waals surface area contributed by atoms with Crippen LogP contribution >= 0.6 is 23.1 Å². The van der Waals surface area contributed by atoms with Crippen molar-refractivity contribution >= 4 is 28.3 Å². The molecule has 1 aliphatic rings. The van der Waals surface area contributed by atoms with Gasteiger partial charge in [0.15, 0.2) is 0 Å². The maximum Gasteiger partial charge on any atom is 0.205 e. The minimum absolute atomic E-state index is 0.0951. The Bertz CT molecular complexity index is 867. The van der Waals surface area contributed by atoms with Gasteiger partial charge in [0.1, 0.15) is 24.3 Å². The third-order valence-electron chi connectivity index (χ3n) is 4.51. The molecule has 2 unspecified atom stereocenters. The molecule has 1 aromatic carbocycles. The van der Waals surface area contributed by atoms with Crippen LogP contribution in [-0.2, 0) is 0 Å². The van der Waals surface area contributed by atoms with Gasteiger partial charge in [-0.3, -0.25) is 0 Å². The van der Waals surface area contributed by atoms with Crippen LogP contribution in [0.15, 0.2) is 30.9 Å². The lowest BCUT2D eigenvalue weighted by Crippen LogP contribution is -2.40. The molecule has 0 amide bonds. The van der Waals surface area contributed by atoms with Crippen LogP contribution in [-0.4, -0.2) is 37.2 Å². The first-order valence-corrected chi connectivity index (χ1v) is 9.11. The third kappa shape index (κ3) is 3.23. The summed E-state index contributed by atoms with van der Waals surface area (Å²) in [7, 11) is 0. The zero-order valence-corrected chi connectivity index (χ0v) is 15.1. The number of piperidine rings is 1. The fourth-order valence-corrected chi connectivity index (χ4v) is 4.20. The van der Waals surface area contributed by atoms with E-state index < -0.39 is 5.82 Å². The SMILES string of the molecule is Cc1nsc(N2CCC(n3cncn3)C(c3ccc(F)c(Cl)c3)C2)n1. The van der Waals surface area contributed by atoms with Crippen LogP contribution in [0.1, 0.15) is 29.8 Å². The third-order valence-corrected chi connectivity index (χ3v) is 5.67. The highest BCUT2D eigenvalue weighted by atomic mass is 35.5. The van der Waals surface area contributed by atoms with Gasteiger partial charge in [-0.15, -0.1) is 0 Å². The van der Waals surface area contributed by atoms with Crippen LogP contribution in [0.5, 0.6) is 0 Å². The molecule has 0 radical (unpaired) electrons. The summed E-state index contributed by atoms with van der Waals surface area (Å²) in [5.41, 5.74) is 0.984. The van der Waals surface area contributed by atoms with E-state index >= 15 is 0 Å². The smallest absolute Gasteiger partial charge is 0.205 e. The second kappa shape index (κ2) is 6.68. The van der Waals surface area contributed by atoms with Gasteiger partial charge in [0.05, 0.1) is 11.1 Å². The molecule has 1 saturated heterocycles. The number of aryl methyl sites for hydroxylation is 1. The van der Waals surface area contributed by atoms with Crippen molar-refractivity contribution in [2.75, 3.05) is 18.0 Å². The van der Waals surface area contributed by atoms with E-state index in [2.05, 4.69) is 24.3 Å². The highest BCUT2D eigenvalue weighted by molar-refractivity contribution is 7.09. The lowest BCUT2D eigenvalue weighted by atomic mass is 9.86. The van der Waals surface area contributed by atoms with E-state index in [4.69, 9.17) is 11.6 Å². The van der Waals surface area contributed by atoms with Crippen LogP contribution in [0.25, 0.3) is 0 Å². The predicted octanol–water partition coefficient (Wildman–Crippen LogP) is 3.47. The Morgan fingerprint density at radius 2 is 2.24 bits per heavy atom. The molecule has 1 aliphatic heterocycles. The molecule has 3 heterocycles. The van der Waals surface area contributed by atoms with E-state index in [1.54, 1.807) is 18.5 Å². The topological polar surface area (TPSA) is 59.7 Å². The van der Waals surface area contributed by atoms with Gasteiger partial charge in [0.2, 0.25) is 5.13 Å². The van der Waals surface area contributed by atoms with Crippen molar-refractivity contribution in [1.29, 1.82) is 0 Å². The Morgan fingerprint density at radius 1 is 1.36 bits per heavy atom. The molecule has 3 aromatic rings. The van der Waals surface area contributed by atoms with Crippen molar-refractivity contribution in [2.45, 2.75) is 25.3 Å². The molecule has 0 spiro atoms. The van der Waals surface area contributed by atoms with E-state index in [1.807, 2.05) is 11.6 Å². The number of rotatable bonds is 3. The Hall–Kier alpha value is -2.06. The highest BCUT2D eigenvalue weighted by Crippen LogP contribution is 2.38. The fourth-order valence-electron chi connectivity index (χ4n) is 3.30. The summed E-state index contributed by atoms with van der Waals surface area (Å²) in [5.74, 6) is 0.465. The zero-order chi connectivity index (χ0) is 17.4. The summed E-state index contributed by atoms with van der Waals surface area (Å²) in [6, 6.07) is 5.06. The summed E-state index contributed by atoms with van der Waals surface area (Å²) >= 11 is 7.42. The second-order valence-corrected chi connectivity index (χ2v) is 7.22. The van der Waals surface area contributed by atoms with Gasteiger partial charge < -0.3 is 4.90 Å². The van der Waals surface area contributed by atoms with Crippen LogP contribution in [0, 0.1) is 12.7 Å². The Kier molecular flexibility index (Phi) is 4.39. The average Bonchev–Trinajstić information content (AvgIpc) is 3.28. The molecule has 6 nitrogen and oxygen atoms in total. The molecule has 0 saturated carbocycles. The summed E-state index contributed by atoms with van der Waals surface area (Å²) in [5, 5.41) is 5.36. The minimum Gasteiger partial charge on any atom is -0.346 e. The van der Waals surface area contributed by atoms with Crippen LogP contribution in [0.3, 0.4) is 0 Å². The number of hydrogen-bond acceptors (Lipinski definition) is 6. The highest BCUT2D eigenvalue weighted by Gasteiger charge is 2.33. The normalized spacial score (nSPS) is 20.8. The van der Waals surface area contributed by atoms with Gasteiger partial charge in [-0.1, -0.05) is 17.7 Å². The number of anilines is 1. The predicted molar refractivity (Wildman–Crippen MR) is 94.7 cm³/mol. The first-order chi connectivity index (χ1) is 12.1. The molecule has 2 aromatic heterocycles. The van der Waals surface area contributed by atoms with Crippen molar-refractivity contribution in [2.24, 2.45) is 0 Å². The van der Waals surface area contributed by atoms with Crippen molar-refractivity contribution in [3.8, 4) is 0 Å². The van der Waals surface area contributed by atoms with Crippen molar-refractivity contribution in [3.63, 3.8) is 0 Å². The molecule has 0 bridgehead atoms. The number of nitrogens with zero attached hydrogens (tertiary/aromatic N) is 6. The monoisotopic (exact) mass is 378 g/mol. The van der Waals surface area contributed by atoms with Gasteiger partial charge >= 0.3 is 0 Å². The molecular weight excluding hydrogens is 363 g/mol. The van der Waals surface area contributed by atoms with Gasteiger partial charge in [-0.2, -0.15) is 9.47 Å². The van der Waals surface area contributed by atoms with Crippen LogP contribution < -0.4 is 4.90 Å². The van der Waals surface area contributed by atoms with E-state index in [0.29, 0.717) is 0 Å². The molecular formula is C16H16ClFN6S. The maximum absolute atomic E-state index is 13.6. The second-order valence-electron chi connectivity index (χ2n) is 6.08. The molecule has 1 fully saturated rings. The molecule has 25 heavy (non-hydrogen) atoms. The first-order valence-electron chi connectivity index (χ1n) is 7.96. The Labute approximate surface area is 153 Å². The maximum atomic E-state index is 13.6. The summed E-state index contributed by atoms with van der Waals surface area (Å²) in [6.07, 6.45) is 4.14. The van der Waals surface area contributed by atoms with E-state index in [1.165, 1.54) is 23.9 Å². The molecule has 0 aliphatic carbocycles. The van der Waals surface area contributed by atoms with E-state index in [9.17, 15) is 4.39 Å². The largest absolute Gasteiger partial charge is 0.346 e. The van der Waals surface area contributed by atoms with Crippen LogP contribution in [0.4, 0.5) is 9.52 Å². The fraction of sp³-hybridized carbons (Fsp3) is 0.375. The van der Waals surface area contributed by atoms with Gasteiger partial charge in [0, 0.05) is 30.5 Å². The lowest BCUT2D eigenvalue weighted by molar-refractivity contribution is 0.321. The summed E-state index contributed by atoms with van der Waals surface area (Å²) in [4.78, 5) is 10.8. The first kappa shape index (κ1) is 16.4. The minimum atomic E-state index is -0.407. The molecule has 2 atom stereocenters. The van der Waals surface area contributed by atoms with Crippen molar-refractivity contribution < 1.29 is 4.39 Å². The quantitative estimate of drug-likeness (QED) is 0.698. The van der Waals surface area contributed by atoms with Crippen molar-refractivity contribution in [1.82, 2.24) is 24.1 Å². The Morgan fingerprint density at radius 3 is 2.92 bits per heavy atom. The number of aromatic nitrogens is 5. The molecule has 9 heteroatoms.